The average molecular weight is 333 g/mol. The van der Waals surface area contributed by atoms with Crippen molar-refractivity contribution in [2.75, 3.05) is 13.2 Å². The molecule has 1 aromatic carbocycles. The van der Waals surface area contributed by atoms with Crippen LogP contribution in [-0.2, 0) is 25.7 Å². The summed E-state index contributed by atoms with van der Waals surface area (Å²) in [5, 5.41) is 2.59. The zero-order valence-corrected chi connectivity index (χ0v) is 14.2. The molecule has 0 bridgehead atoms. The molecule has 0 atom stereocenters. The molecule has 0 aromatic heterocycles. The van der Waals surface area contributed by atoms with Gasteiger partial charge < -0.3 is 14.8 Å². The van der Waals surface area contributed by atoms with E-state index in [0.29, 0.717) is 25.6 Å². The molecular formula is C19H27NO4. The monoisotopic (exact) mass is 333 g/mol. The van der Waals surface area contributed by atoms with E-state index in [4.69, 9.17) is 9.47 Å². The summed E-state index contributed by atoms with van der Waals surface area (Å²) in [6.07, 6.45) is 7.50. The van der Waals surface area contributed by atoms with Gasteiger partial charge >= 0.3 is 5.97 Å². The number of esters is 1. The van der Waals surface area contributed by atoms with Crippen LogP contribution in [0.2, 0.25) is 0 Å². The van der Waals surface area contributed by atoms with Crippen molar-refractivity contribution < 1.29 is 19.1 Å². The largest absolute Gasteiger partial charge is 0.460 e. The molecule has 1 aromatic rings. The molecule has 1 aliphatic carbocycles. The van der Waals surface area contributed by atoms with Crippen molar-refractivity contribution in [3.63, 3.8) is 0 Å². The third kappa shape index (κ3) is 7.59. The van der Waals surface area contributed by atoms with Crippen LogP contribution >= 0.6 is 0 Å². The van der Waals surface area contributed by atoms with Crippen LogP contribution in [0.25, 0.3) is 0 Å². The highest BCUT2D eigenvalue weighted by atomic mass is 16.5. The molecule has 132 valence electrons. The van der Waals surface area contributed by atoms with Crippen molar-refractivity contribution in [3.05, 3.63) is 35.9 Å². The Morgan fingerprint density at radius 3 is 2.58 bits per heavy atom. The van der Waals surface area contributed by atoms with Gasteiger partial charge in [0.05, 0.1) is 6.10 Å². The minimum atomic E-state index is -0.425. The van der Waals surface area contributed by atoms with Crippen molar-refractivity contribution >= 4 is 11.9 Å². The Balaban J connectivity index is 1.48. The standard InChI is InChI=1S/C19H27NO4/c21-18(12-7-13-23-17-10-5-2-6-11-17)20-14-19(22)24-15-16-8-3-1-4-9-16/h1,3-4,8-9,17H,2,5-7,10-15H2,(H,20,21). The number of hydrogen-bond acceptors (Lipinski definition) is 4. The highest BCUT2D eigenvalue weighted by Crippen LogP contribution is 2.20. The Labute approximate surface area is 143 Å². The lowest BCUT2D eigenvalue weighted by molar-refractivity contribution is -0.145. The van der Waals surface area contributed by atoms with Gasteiger partial charge in [0.15, 0.2) is 0 Å². The van der Waals surface area contributed by atoms with E-state index in [1.54, 1.807) is 0 Å². The Hall–Kier alpha value is -1.88. The number of amides is 1. The second-order valence-electron chi connectivity index (χ2n) is 6.16. The van der Waals surface area contributed by atoms with E-state index in [-0.39, 0.29) is 19.1 Å². The Bertz CT molecular complexity index is 497. The molecule has 0 unspecified atom stereocenters. The summed E-state index contributed by atoms with van der Waals surface area (Å²) in [5.41, 5.74) is 0.928. The van der Waals surface area contributed by atoms with Crippen molar-refractivity contribution in [2.45, 2.75) is 57.7 Å². The molecule has 5 nitrogen and oxygen atoms in total. The highest BCUT2D eigenvalue weighted by Gasteiger charge is 2.13. The van der Waals surface area contributed by atoms with Crippen molar-refractivity contribution in [1.29, 1.82) is 0 Å². The Morgan fingerprint density at radius 2 is 1.83 bits per heavy atom. The lowest BCUT2D eigenvalue weighted by atomic mass is 9.98. The first-order chi connectivity index (χ1) is 11.7. The summed E-state index contributed by atoms with van der Waals surface area (Å²) in [7, 11) is 0. The molecule has 1 amide bonds. The van der Waals surface area contributed by atoms with Crippen LogP contribution in [0.4, 0.5) is 0 Å². The maximum atomic E-state index is 11.7. The second kappa shape index (κ2) is 10.8. The van der Waals surface area contributed by atoms with Gasteiger partial charge in [-0.05, 0) is 24.8 Å². The molecule has 24 heavy (non-hydrogen) atoms. The lowest BCUT2D eigenvalue weighted by Crippen LogP contribution is -2.30. The normalized spacial score (nSPS) is 15.0. The fraction of sp³-hybridized carbons (Fsp3) is 0.579. The molecule has 1 aliphatic rings. The number of benzene rings is 1. The molecule has 5 heteroatoms. The number of nitrogens with one attached hydrogen (secondary N) is 1. The summed E-state index contributed by atoms with van der Waals surface area (Å²) in [6, 6.07) is 9.46. The quantitative estimate of drug-likeness (QED) is 0.557. The zero-order chi connectivity index (χ0) is 17.0. The Morgan fingerprint density at radius 1 is 1.08 bits per heavy atom. The van der Waals surface area contributed by atoms with Gasteiger partial charge in [-0.2, -0.15) is 0 Å². The number of carbonyl (C=O) groups is 2. The molecule has 1 saturated carbocycles. The fourth-order valence-corrected chi connectivity index (χ4v) is 2.76. The minimum Gasteiger partial charge on any atom is -0.460 e. The number of carbonyl (C=O) groups excluding carboxylic acids is 2. The predicted molar refractivity (Wildman–Crippen MR) is 91.3 cm³/mol. The fourth-order valence-electron chi connectivity index (χ4n) is 2.76. The zero-order valence-electron chi connectivity index (χ0n) is 14.2. The van der Waals surface area contributed by atoms with Crippen molar-refractivity contribution in [3.8, 4) is 0 Å². The van der Waals surface area contributed by atoms with Gasteiger partial charge in [-0.25, -0.2) is 0 Å². The third-order valence-electron chi connectivity index (χ3n) is 4.13. The Kier molecular flexibility index (Phi) is 8.32. The van der Waals surface area contributed by atoms with Gasteiger partial charge in [-0.1, -0.05) is 49.6 Å². The van der Waals surface area contributed by atoms with Crippen LogP contribution in [-0.4, -0.2) is 31.1 Å². The van der Waals surface area contributed by atoms with Gasteiger partial charge in [0, 0.05) is 13.0 Å². The van der Waals surface area contributed by atoms with Gasteiger partial charge in [-0.3, -0.25) is 9.59 Å². The van der Waals surface area contributed by atoms with Crippen LogP contribution in [0.3, 0.4) is 0 Å². The maximum absolute atomic E-state index is 11.7. The average Bonchev–Trinajstić information content (AvgIpc) is 2.63. The molecule has 0 aliphatic heterocycles. The van der Waals surface area contributed by atoms with Crippen molar-refractivity contribution in [1.82, 2.24) is 5.32 Å². The second-order valence-corrected chi connectivity index (χ2v) is 6.16. The topological polar surface area (TPSA) is 64.6 Å². The smallest absolute Gasteiger partial charge is 0.325 e. The highest BCUT2D eigenvalue weighted by molar-refractivity contribution is 5.81. The SMILES string of the molecule is O=C(CCCOC1CCCCC1)NCC(=O)OCc1ccccc1. The van der Waals surface area contributed by atoms with E-state index in [0.717, 1.165) is 18.4 Å². The maximum Gasteiger partial charge on any atom is 0.325 e. The summed E-state index contributed by atoms with van der Waals surface area (Å²) in [4.78, 5) is 23.3. The van der Waals surface area contributed by atoms with Crippen LogP contribution in [0, 0.1) is 0 Å². The van der Waals surface area contributed by atoms with E-state index in [9.17, 15) is 9.59 Å². The van der Waals surface area contributed by atoms with Crippen LogP contribution in [0.1, 0.15) is 50.5 Å². The van der Waals surface area contributed by atoms with Crippen LogP contribution in [0.15, 0.2) is 30.3 Å². The number of rotatable bonds is 9. The molecule has 0 heterocycles. The summed E-state index contributed by atoms with van der Waals surface area (Å²) < 4.78 is 10.9. The lowest BCUT2D eigenvalue weighted by Gasteiger charge is -2.21. The molecule has 1 N–H and O–H groups in total. The molecule has 0 radical (unpaired) electrons. The van der Waals surface area contributed by atoms with E-state index in [1.807, 2.05) is 30.3 Å². The van der Waals surface area contributed by atoms with E-state index >= 15 is 0 Å². The third-order valence-corrected chi connectivity index (χ3v) is 4.13. The van der Waals surface area contributed by atoms with Gasteiger partial charge in [-0.15, -0.1) is 0 Å². The van der Waals surface area contributed by atoms with Crippen molar-refractivity contribution in [2.24, 2.45) is 0 Å². The van der Waals surface area contributed by atoms with Crippen LogP contribution in [0.5, 0.6) is 0 Å². The minimum absolute atomic E-state index is 0.0881. The van der Waals surface area contributed by atoms with Crippen LogP contribution < -0.4 is 5.32 Å². The van der Waals surface area contributed by atoms with E-state index in [2.05, 4.69) is 5.32 Å². The van der Waals surface area contributed by atoms with E-state index in [1.165, 1.54) is 19.3 Å². The molecule has 2 rings (SSSR count). The summed E-state index contributed by atoms with van der Waals surface area (Å²) >= 11 is 0. The molecule has 1 fully saturated rings. The summed E-state index contributed by atoms with van der Waals surface area (Å²) in [5.74, 6) is -0.565. The molecular weight excluding hydrogens is 306 g/mol. The number of ether oxygens (including phenoxy) is 2. The number of hydrogen-bond donors (Lipinski definition) is 1. The molecule has 0 spiro atoms. The first-order valence-corrected chi connectivity index (χ1v) is 8.82. The summed E-state index contributed by atoms with van der Waals surface area (Å²) in [6.45, 7) is 0.746. The molecule has 0 saturated heterocycles. The first-order valence-electron chi connectivity index (χ1n) is 8.82. The first kappa shape index (κ1) is 18.5. The van der Waals surface area contributed by atoms with E-state index < -0.39 is 5.97 Å². The van der Waals surface area contributed by atoms with Gasteiger partial charge in [0.1, 0.15) is 13.2 Å². The predicted octanol–water partition coefficient (Wildman–Crippen LogP) is 2.98. The van der Waals surface area contributed by atoms with Gasteiger partial charge in [0.2, 0.25) is 5.91 Å². The van der Waals surface area contributed by atoms with Gasteiger partial charge in [0.25, 0.3) is 0 Å².